The van der Waals surface area contributed by atoms with Gasteiger partial charge in [0.15, 0.2) is 0 Å². The Morgan fingerprint density at radius 3 is 2.56 bits per heavy atom. The first-order valence-electron chi connectivity index (χ1n) is 9.84. The van der Waals surface area contributed by atoms with Gasteiger partial charge >= 0.3 is 6.09 Å². The third-order valence-electron chi connectivity index (χ3n) is 5.01. The van der Waals surface area contributed by atoms with Crippen molar-refractivity contribution in [2.45, 2.75) is 32.0 Å². The number of aliphatic hydroxyl groups excluding tert-OH is 1. The first kappa shape index (κ1) is 22.2. The van der Waals surface area contributed by atoms with Crippen LogP contribution in [0, 0.1) is 0 Å². The van der Waals surface area contributed by atoms with E-state index in [1.165, 1.54) is 11.1 Å². The molecule has 3 heterocycles. The topological polar surface area (TPSA) is 113 Å². The van der Waals surface area contributed by atoms with Crippen molar-refractivity contribution in [2.24, 2.45) is 0 Å². The van der Waals surface area contributed by atoms with Crippen LogP contribution in [-0.4, -0.2) is 49.9 Å². The number of carbonyl (C=O) groups excluding carboxylic acids is 1. The molecule has 3 atom stereocenters. The van der Waals surface area contributed by atoms with Crippen LogP contribution in [-0.2, 0) is 4.74 Å². The predicted octanol–water partition coefficient (Wildman–Crippen LogP) is 4.12. The van der Waals surface area contributed by atoms with Crippen molar-refractivity contribution in [1.29, 1.82) is 0 Å². The minimum atomic E-state index is -0.769. The summed E-state index contributed by atoms with van der Waals surface area (Å²) in [7, 11) is 0. The monoisotopic (exact) mass is 474 g/mol. The molecule has 1 amide bonds. The lowest BCUT2D eigenvalue weighted by atomic mass is 10.1. The van der Waals surface area contributed by atoms with Crippen LogP contribution >= 0.6 is 23.2 Å². The number of cyclic esters (lactones) is 1. The number of amides is 1. The van der Waals surface area contributed by atoms with E-state index in [0.717, 1.165) is 11.1 Å². The van der Waals surface area contributed by atoms with E-state index in [1.54, 1.807) is 37.5 Å². The number of anilines is 2. The summed E-state index contributed by atoms with van der Waals surface area (Å²) in [5.74, 6) is 1.15. The first-order valence-corrected chi connectivity index (χ1v) is 10.6. The van der Waals surface area contributed by atoms with Gasteiger partial charge in [-0.05, 0) is 37.6 Å². The number of aliphatic hydroxyl groups is 1. The predicted molar refractivity (Wildman–Crippen MR) is 121 cm³/mol. The van der Waals surface area contributed by atoms with Gasteiger partial charge < -0.3 is 15.2 Å². The number of rotatable bonds is 6. The van der Waals surface area contributed by atoms with Crippen molar-refractivity contribution in [3.63, 3.8) is 0 Å². The maximum absolute atomic E-state index is 12.1. The summed E-state index contributed by atoms with van der Waals surface area (Å²) in [6.07, 6.45) is 3.59. The molecule has 3 aromatic rings. The summed E-state index contributed by atoms with van der Waals surface area (Å²) in [5.41, 5.74) is 1.65. The summed E-state index contributed by atoms with van der Waals surface area (Å²) >= 11 is 12.1. The Kier molecular flexibility index (Phi) is 6.40. The number of hydrogen-bond donors (Lipinski definition) is 2. The number of aromatic nitrogens is 4. The molecule has 9 nitrogen and oxygen atoms in total. The van der Waals surface area contributed by atoms with Gasteiger partial charge in [0.05, 0.1) is 22.2 Å². The fourth-order valence-electron chi connectivity index (χ4n) is 3.25. The van der Waals surface area contributed by atoms with Gasteiger partial charge in [0.1, 0.15) is 24.3 Å². The van der Waals surface area contributed by atoms with Crippen molar-refractivity contribution in [1.82, 2.24) is 19.9 Å². The average molecular weight is 475 g/mol. The molecule has 0 aliphatic carbocycles. The van der Waals surface area contributed by atoms with Gasteiger partial charge in [-0.3, -0.25) is 4.90 Å². The van der Waals surface area contributed by atoms with Crippen molar-refractivity contribution >= 4 is 41.1 Å². The van der Waals surface area contributed by atoms with E-state index in [9.17, 15) is 9.90 Å². The molecule has 2 N–H and O–H groups in total. The number of nitrogens with zero attached hydrogens (tertiary/aromatic N) is 5. The van der Waals surface area contributed by atoms with Crippen LogP contribution in [0.3, 0.4) is 0 Å². The second-order valence-corrected chi connectivity index (χ2v) is 8.13. The molecule has 0 spiro atoms. The zero-order chi connectivity index (χ0) is 22.8. The lowest BCUT2D eigenvalue weighted by Gasteiger charge is -2.23. The standard InChI is InChI=1S/C21H20Cl2N6O3/c1-11(19-25-8-14(9-26-19)13-3-4-15(22)16(23)7-13)27-20-24-6-5-18(28-20)29-17(12(2)30)10-32-21(29)31/h3-9,11-12,17,30H,10H2,1-2H3,(H,24,27,28)/t11-,12+,17+/m0/s1. The molecular formula is C21H20Cl2N6O3. The molecule has 0 bridgehead atoms. The van der Waals surface area contributed by atoms with Crippen LogP contribution in [0.5, 0.6) is 0 Å². The molecule has 32 heavy (non-hydrogen) atoms. The second kappa shape index (κ2) is 9.23. The SMILES string of the molecule is C[C@H](Nc1nccc(N2C(=O)OC[C@@H]2[C@@H](C)O)n1)c1ncc(-c2ccc(Cl)c(Cl)c2)cn1. The number of hydrogen-bond acceptors (Lipinski definition) is 8. The maximum atomic E-state index is 12.1. The molecule has 1 aliphatic heterocycles. The largest absolute Gasteiger partial charge is 0.447 e. The summed E-state index contributed by atoms with van der Waals surface area (Å²) < 4.78 is 5.06. The fourth-order valence-corrected chi connectivity index (χ4v) is 3.55. The Bertz CT molecular complexity index is 1130. The molecule has 0 saturated carbocycles. The van der Waals surface area contributed by atoms with Crippen molar-refractivity contribution in [2.75, 3.05) is 16.8 Å². The molecule has 0 radical (unpaired) electrons. The summed E-state index contributed by atoms with van der Waals surface area (Å²) in [4.78, 5) is 30.9. The van der Waals surface area contributed by atoms with Crippen LogP contribution in [0.15, 0.2) is 42.9 Å². The normalized spacial score (nSPS) is 17.7. The van der Waals surface area contributed by atoms with Crippen LogP contribution < -0.4 is 10.2 Å². The lowest BCUT2D eigenvalue weighted by Crippen LogP contribution is -2.41. The summed E-state index contributed by atoms with van der Waals surface area (Å²) in [6.45, 7) is 3.56. The van der Waals surface area contributed by atoms with E-state index in [1.807, 2.05) is 13.0 Å². The highest BCUT2D eigenvalue weighted by molar-refractivity contribution is 6.42. The van der Waals surface area contributed by atoms with E-state index in [0.29, 0.717) is 21.7 Å². The zero-order valence-corrected chi connectivity index (χ0v) is 18.7. The van der Waals surface area contributed by atoms with Gasteiger partial charge in [0.25, 0.3) is 0 Å². The maximum Gasteiger partial charge on any atom is 0.416 e. The van der Waals surface area contributed by atoms with Crippen molar-refractivity contribution in [3.8, 4) is 11.1 Å². The number of benzene rings is 1. The quantitative estimate of drug-likeness (QED) is 0.548. The lowest BCUT2D eigenvalue weighted by molar-refractivity contribution is 0.142. The van der Waals surface area contributed by atoms with Crippen LogP contribution in [0.4, 0.5) is 16.6 Å². The number of nitrogens with one attached hydrogen (secondary N) is 1. The van der Waals surface area contributed by atoms with E-state index >= 15 is 0 Å². The van der Waals surface area contributed by atoms with Crippen LogP contribution in [0.25, 0.3) is 11.1 Å². The molecule has 1 aliphatic rings. The van der Waals surface area contributed by atoms with Gasteiger partial charge in [-0.2, -0.15) is 4.98 Å². The summed E-state index contributed by atoms with van der Waals surface area (Å²) in [5, 5.41) is 14.0. The molecule has 1 aromatic carbocycles. The first-order chi connectivity index (χ1) is 15.3. The van der Waals surface area contributed by atoms with Crippen LogP contribution in [0.2, 0.25) is 10.0 Å². The fraction of sp³-hybridized carbons (Fsp3) is 0.286. The van der Waals surface area contributed by atoms with Crippen molar-refractivity contribution < 1.29 is 14.6 Å². The Balaban J connectivity index is 1.49. The average Bonchev–Trinajstić information content (AvgIpc) is 3.18. The molecule has 166 valence electrons. The molecule has 0 unspecified atom stereocenters. The molecule has 1 fully saturated rings. The van der Waals surface area contributed by atoms with Crippen LogP contribution in [0.1, 0.15) is 25.7 Å². The Morgan fingerprint density at radius 2 is 1.88 bits per heavy atom. The smallest absolute Gasteiger partial charge is 0.416 e. The Morgan fingerprint density at radius 1 is 1.12 bits per heavy atom. The highest BCUT2D eigenvalue weighted by Crippen LogP contribution is 2.28. The molecule has 1 saturated heterocycles. The highest BCUT2D eigenvalue weighted by atomic mass is 35.5. The third-order valence-corrected chi connectivity index (χ3v) is 5.75. The van der Waals surface area contributed by atoms with E-state index in [-0.39, 0.29) is 18.6 Å². The van der Waals surface area contributed by atoms with Gasteiger partial charge in [0.2, 0.25) is 5.95 Å². The van der Waals surface area contributed by atoms with Gasteiger partial charge in [-0.25, -0.2) is 19.7 Å². The van der Waals surface area contributed by atoms with E-state index in [4.69, 9.17) is 27.9 Å². The highest BCUT2D eigenvalue weighted by Gasteiger charge is 2.38. The van der Waals surface area contributed by atoms with Gasteiger partial charge in [-0.1, -0.05) is 29.3 Å². The van der Waals surface area contributed by atoms with E-state index < -0.39 is 18.2 Å². The number of ether oxygens (including phenoxy) is 1. The molecule has 2 aromatic heterocycles. The van der Waals surface area contributed by atoms with Gasteiger partial charge in [0, 0.05) is 24.2 Å². The summed E-state index contributed by atoms with van der Waals surface area (Å²) in [6, 6.07) is 6.08. The van der Waals surface area contributed by atoms with Gasteiger partial charge in [-0.15, -0.1) is 0 Å². The molecular weight excluding hydrogens is 455 g/mol. The third kappa shape index (κ3) is 4.59. The minimum absolute atomic E-state index is 0.0959. The van der Waals surface area contributed by atoms with E-state index in [2.05, 4.69) is 25.3 Å². The second-order valence-electron chi connectivity index (χ2n) is 7.32. The zero-order valence-electron chi connectivity index (χ0n) is 17.2. The molecule has 11 heteroatoms. The number of carbonyl (C=O) groups is 1. The minimum Gasteiger partial charge on any atom is -0.447 e. The Hall–Kier alpha value is -3.01. The molecule has 4 rings (SSSR count). The number of halogens is 2. The Labute approximate surface area is 194 Å². The van der Waals surface area contributed by atoms with Crippen molar-refractivity contribution in [3.05, 3.63) is 58.7 Å².